The van der Waals surface area contributed by atoms with Crippen molar-refractivity contribution in [2.75, 3.05) is 38.0 Å². The van der Waals surface area contributed by atoms with Crippen LogP contribution >= 0.6 is 0 Å². The highest BCUT2D eigenvalue weighted by Gasteiger charge is 2.34. The highest BCUT2D eigenvalue weighted by molar-refractivity contribution is 5.92. The van der Waals surface area contributed by atoms with E-state index >= 15 is 0 Å². The number of amides is 2. The van der Waals surface area contributed by atoms with Crippen LogP contribution in [0.2, 0.25) is 0 Å². The molecular formula is C25H25FN4O4. The minimum absolute atomic E-state index is 0.0261. The summed E-state index contributed by atoms with van der Waals surface area (Å²) in [4.78, 5) is 42.6. The summed E-state index contributed by atoms with van der Waals surface area (Å²) in [5.74, 6) is 0.0573. The molecule has 1 aliphatic heterocycles. The van der Waals surface area contributed by atoms with Gasteiger partial charge < -0.3 is 19.9 Å². The minimum atomic E-state index is -0.605. The second kappa shape index (κ2) is 9.26. The van der Waals surface area contributed by atoms with Crippen molar-refractivity contribution in [2.24, 2.45) is 5.92 Å². The summed E-state index contributed by atoms with van der Waals surface area (Å²) in [6.07, 6.45) is 1.98. The van der Waals surface area contributed by atoms with Crippen LogP contribution in [0.1, 0.15) is 12.8 Å². The Balaban J connectivity index is 1.15. The van der Waals surface area contributed by atoms with Gasteiger partial charge in [0.15, 0.2) is 11.6 Å². The van der Waals surface area contributed by atoms with Crippen LogP contribution in [0.5, 0.6) is 11.5 Å². The van der Waals surface area contributed by atoms with Crippen molar-refractivity contribution in [1.82, 2.24) is 14.8 Å². The number of nitrogens with zero attached hydrogens (tertiary/aromatic N) is 2. The predicted octanol–water partition coefficient (Wildman–Crippen LogP) is 2.95. The first-order valence-corrected chi connectivity index (χ1v) is 11.4. The number of aromatic amines is 1. The van der Waals surface area contributed by atoms with Crippen molar-refractivity contribution >= 4 is 28.4 Å². The summed E-state index contributed by atoms with van der Waals surface area (Å²) in [6, 6.07) is 12.4. The van der Waals surface area contributed by atoms with Gasteiger partial charge in [-0.3, -0.25) is 19.3 Å². The number of nitrogens with one attached hydrogen (secondary N) is 2. The maximum Gasteiger partial charge on any atom is 0.248 e. The maximum atomic E-state index is 14.6. The first-order chi connectivity index (χ1) is 16.4. The normalized spacial score (nSPS) is 16.4. The average Bonchev–Trinajstić information content (AvgIpc) is 3.66. The third-order valence-electron chi connectivity index (χ3n) is 6.12. The van der Waals surface area contributed by atoms with Crippen LogP contribution < -0.4 is 15.6 Å². The van der Waals surface area contributed by atoms with Gasteiger partial charge in [0.2, 0.25) is 17.4 Å². The number of fused-ring (bicyclic) bond motifs is 1. The number of aromatic nitrogens is 1. The molecule has 0 spiro atoms. The van der Waals surface area contributed by atoms with Gasteiger partial charge in [-0.2, -0.15) is 0 Å². The van der Waals surface area contributed by atoms with Gasteiger partial charge in [-0.05, 0) is 49.2 Å². The van der Waals surface area contributed by atoms with Crippen LogP contribution in [0.25, 0.3) is 10.9 Å². The van der Waals surface area contributed by atoms with Crippen molar-refractivity contribution in [3.8, 4) is 11.5 Å². The van der Waals surface area contributed by atoms with Crippen LogP contribution in [0.3, 0.4) is 0 Å². The lowest BCUT2D eigenvalue weighted by atomic mass is 10.2. The number of hydrogen-bond acceptors (Lipinski definition) is 5. The van der Waals surface area contributed by atoms with E-state index in [0.717, 1.165) is 18.2 Å². The predicted molar refractivity (Wildman–Crippen MR) is 125 cm³/mol. The van der Waals surface area contributed by atoms with E-state index in [1.165, 1.54) is 18.2 Å². The summed E-state index contributed by atoms with van der Waals surface area (Å²) >= 11 is 0. The fourth-order valence-electron chi connectivity index (χ4n) is 4.10. The Morgan fingerprint density at radius 3 is 2.56 bits per heavy atom. The molecule has 0 unspecified atom stereocenters. The van der Waals surface area contributed by atoms with Gasteiger partial charge in [-0.15, -0.1) is 0 Å². The van der Waals surface area contributed by atoms with Crippen LogP contribution in [0.15, 0.2) is 53.3 Å². The fraction of sp³-hybridized carbons (Fsp3) is 0.320. The van der Waals surface area contributed by atoms with Crippen molar-refractivity contribution in [2.45, 2.75) is 12.8 Å². The summed E-state index contributed by atoms with van der Waals surface area (Å²) in [5.41, 5.74) is 0.804. The fourth-order valence-corrected chi connectivity index (χ4v) is 4.10. The van der Waals surface area contributed by atoms with Crippen molar-refractivity contribution in [3.05, 3.63) is 64.7 Å². The molecule has 2 aromatic carbocycles. The number of anilines is 1. The first-order valence-electron chi connectivity index (χ1n) is 11.4. The Morgan fingerprint density at radius 2 is 1.82 bits per heavy atom. The quantitative estimate of drug-likeness (QED) is 0.585. The number of pyridine rings is 1. The second-order valence-corrected chi connectivity index (χ2v) is 8.74. The Bertz CT molecular complexity index is 1300. The lowest BCUT2D eigenvalue weighted by molar-refractivity contribution is -0.134. The van der Waals surface area contributed by atoms with Crippen LogP contribution in [-0.4, -0.2) is 59.3 Å². The Hall–Kier alpha value is -3.72. The molecule has 34 heavy (non-hydrogen) atoms. The van der Waals surface area contributed by atoms with E-state index in [9.17, 15) is 18.8 Å². The standard InChI is InChI=1S/C25H25FN4O4/c26-20-14-18(27-24(32)15-29-9-11-30(12-10-29)25(33)16-1-2-16)4-7-22(20)34-19-5-6-21-17(13-19)3-8-23(31)28-21/h3-8,13-14,16H,1-2,9-12,15H2,(H,27,32)(H,28,31). The molecule has 1 aliphatic carbocycles. The van der Waals surface area contributed by atoms with Gasteiger partial charge in [0.25, 0.3) is 0 Å². The number of rotatable bonds is 6. The van der Waals surface area contributed by atoms with Crippen LogP contribution in [0, 0.1) is 11.7 Å². The van der Waals surface area contributed by atoms with E-state index < -0.39 is 5.82 Å². The smallest absolute Gasteiger partial charge is 0.248 e. The number of halogens is 1. The molecule has 0 radical (unpaired) electrons. The van der Waals surface area contributed by atoms with Crippen molar-refractivity contribution in [3.63, 3.8) is 0 Å². The SMILES string of the molecule is O=C(CN1CCN(C(=O)C2CC2)CC1)Nc1ccc(Oc2ccc3[nH]c(=O)ccc3c2)c(F)c1. The van der Waals surface area contributed by atoms with Gasteiger partial charge >= 0.3 is 0 Å². The lowest BCUT2D eigenvalue weighted by Crippen LogP contribution is -2.50. The largest absolute Gasteiger partial charge is 0.454 e. The molecule has 2 amide bonds. The monoisotopic (exact) mass is 464 g/mol. The summed E-state index contributed by atoms with van der Waals surface area (Å²) in [7, 11) is 0. The topological polar surface area (TPSA) is 94.7 Å². The average molecular weight is 464 g/mol. The second-order valence-electron chi connectivity index (χ2n) is 8.74. The van der Waals surface area contributed by atoms with Crippen LogP contribution in [-0.2, 0) is 9.59 Å². The summed E-state index contributed by atoms with van der Waals surface area (Å²) in [6.45, 7) is 2.74. The van der Waals surface area contributed by atoms with Gasteiger partial charge in [0.05, 0.1) is 6.54 Å². The number of ether oxygens (including phenoxy) is 1. The molecule has 8 nitrogen and oxygen atoms in total. The summed E-state index contributed by atoms with van der Waals surface area (Å²) < 4.78 is 20.3. The van der Waals surface area contributed by atoms with E-state index in [0.29, 0.717) is 43.1 Å². The van der Waals surface area contributed by atoms with Gasteiger partial charge in [0, 0.05) is 60.8 Å². The molecule has 3 aromatic rings. The minimum Gasteiger partial charge on any atom is -0.454 e. The Labute approximate surface area is 195 Å². The number of H-pyrrole nitrogens is 1. The number of carbonyl (C=O) groups excluding carboxylic acids is 2. The number of piperazine rings is 1. The lowest BCUT2D eigenvalue weighted by Gasteiger charge is -2.34. The van der Waals surface area contributed by atoms with E-state index in [1.54, 1.807) is 30.3 Å². The molecule has 0 atom stereocenters. The van der Waals surface area contributed by atoms with E-state index in [2.05, 4.69) is 10.3 Å². The number of benzene rings is 2. The molecule has 2 fully saturated rings. The molecule has 1 aromatic heterocycles. The molecule has 1 saturated carbocycles. The van der Waals surface area contributed by atoms with E-state index in [4.69, 9.17) is 4.74 Å². The number of carbonyl (C=O) groups is 2. The van der Waals surface area contributed by atoms with E-state index in [-0.39, 0.29) is 35.6 Å². The Morgan fingerprint density at radius 1 is 1.03 bits per heavy atom. The zero-order valence-corrected chi connectivity index (χ0v) is 18.6. The van der Waals surface area contributed by atoms with Crippen LogP contribution in [0.4, 0.5) is 10.1 Å². The highest BCUT2D eigenvalue weighted by Crippen LogP contribution is 2.31. The molecule has 2 aliphatic rings. The highest BCUT2D eigenvalue weighted by atomic mass is 19.1. The molecule has 176 valence electrons. The zero-order chi connectivity index (χ0) is 23.7. The van der Waals surface area contributed by atoms with Gasteiger partial charge in [0.1, 0.15) is 5.75 Å². The van der Waals surface area contributed by atoms with Crippen molar-refractivity contribution in [1.29, 1.82) is 0 Å². The molecular weight excluding hydrogens is 439 g/mol. The molecule has 5 rings (SSSR count). The number of hydrogen-bond donors (Lipinski definition) is 2. The van der Waals surface area contributed by atoms with Gasteiger partial charge in [-0.25, -0.2) is 4.39 Å². The Kier molecular flexibility index (Phi) is 6.02. The molecule has 2 N–H and O–H groups in total. The third-order valence-corrected chi connectivity index (χ3v) is 6.12. The van der Waals surface area contributed by atoms with Crippen molar-refractivity contribution < 1.29 is 18.7 Å². The maximum absolute atomic E-state index is 14.6. The summed E-state index contributed by atoms with van der Waals surface area (Å²) in [5, 5.41) is 3.49. The molecule has 1 saturated heterocycles. The molecule has 9 heteroatoms. The third kappa shape index (κ3) is 5.09. The first kappa shape index (κ1) is 22.1. The zero-order valence-electron chi connectivity index (χ0n) is 18.6. The molecule has 2 heterocycles. The van der Waals surface area contributed by atoms with Gasteiger partial charge in [-0.1, -0.05) is 0 Å². The molecule has 0 bridgehead atoms. The van der Waals surface area contributed by atoms with E-state index in [1.807, 2.05) is 9.80 Å².